The van der Waals surface area contributed by atoms with Crippen molar-refractivity contribution in [1.29, 1.82) is 0 Å². The Hall–Kier alpha value is 0.350. The van der Waals surface area contributed by atoms with E-state index in [0.717, 1.165) is 5.92 Å². The van der Waals surface area contributed by atoms with E-state index in [0.29, 0.717) is 5.41 Å². The lowest BCUT2D eigenvalue weighted by atomic mass is 9.76. The molecular weight excluding hydrogens is 176 g/mol. The summed E-state index contributed by atoms with van der Waals surface area (Å²) in [5.41, 5.74) is 0.505. The molecule has 0 saturated heterocycles. The van der Waals surface area contributed by atoms with Gasteiger partial charge in [-0.1, -0.05) is 40.5 Å². The maximum absolute atomic E-state index is 2.38. The molecule has 0 aromatic carbocycles. The molecule has 0 unspecified atom stereocenters. The standard InChI is InChI=1S/C12H26S/c1-6-7-8-11(9-10-13-5)12(2,3)4/h11H,6-10H2,1-5H3/t11-/m0/s1. The molecule has 1 atom stereocenters. The van der Waals surface area contributed by atoms with E-state index in [1.165, 1.54) is 31.4 Å². The van der Waals surface area contributed by atoms with Crippen LogP contribution in [0.25, 0.3) is 0 Å². The quantitative estimate of drug-likeness (QED) is 0.607. The number of hydrogen-bond acceptors (Lipinski definition) is 1. The summed E-state index contributed by atoms with van der Waals surface area (Å²) in [4.78, 5) is 0. The summed E-state index contributed by atoms with van der Waals surface area (Å²) in [6.07, 6.45) is 7.76. The van der Waals surface area contributed by atoms with Crippen LogP contribution in [0.15, 0.2) is 0 Å². The number of hydrogen-bond donors (Lipinski definition) is 0. The second kappa shape index (κ2) is 6.75. The van der Waals surface area contributed by atoms with Gasteiger partial charge in [0.25, 0.3) is 0 Å². The van der Waals surface area contributed by atoms with E-state index in [4.69, 9.17) is 0 Å². The van der Waals surface area contributed by atoms with Crippen molar-refractivity contribution in [3.05, 3.63) is 0 Å². The average molecular weight is 202 g/mol. The highest BCUT2D eigenvalue weighted by molar-refractivity contribution is 7.98. The number of unbranched alkanes of at least 4 members (excludes halogenated alkanes) is 1. The van der Waals surface area contributed by atoms with Crippen LogP contribution < -0.4 is 0 Å². The fourth-order valence-corrected chi connectivity index (χ4v) is 2.24. The summed E-state index contributed by atoms with van der Waals surface area (Å²) in [5, 5.41) is 0. The van der Waals surface area contributed by atoms with E-state index in [9.17, 15) is 0 Å². The molecule has 13 heavy (non-hydrogen) atoms. The Balaban J connectivity index is 3.88. The van der Waals surface area contributed by atoms with E-state index in [-0.39, 0.29) is 0 Å². The third-order valence-corrected chi connectivity index (χ3v) is 3.45. The van der Waals surface area contributed by atoms with Gasteiger partial charge in [0.1, 0.15) is 0 Å². The van der Waals surface area contributed by atoms with Crippen molar-refractivity contribution >= 4 is 11.8 Å². The zero-order chi connectivity index (χ0) is 10.3. The Bertz CT molecular complexity index is 105. The molecule has 0 aromatic rings. The minimum absolute atomic E-state index is 0.505. The Labute approximate surface area is 88.9 Å². The molecule has 0 heterocycles. The van der Waals surface area contributed by atoms with Crippen molar-refractivity contribution in [3.63, 3.8) is 0 Å². The molecule has 0 spiro atoms. The summed E-state index contributed by atoms with van der Waals surface area (Å²) >= 11 is 1.98. The molecule has 0 aliphatic heterocycles. The smallest absolute Gasteiger partial charge is 0.00675 e. The monoisotopic (exact) mass is 202 g/mol. The molecule has 0 radical (unpaired) electrons. The summed E-state index contributed by atoms with van der Waals surface area (Å²) < 4.78 is 0. The van der Waals surface area contributed by atoms with Gasteiger partial charge in [0.05, 0.1) is 0 Å². The maximum Gasteiger partial charge on any atom is -0.00675 e. The highest BCUT2D eigenvalue weighted by Crippen LogP contribution is 2.33. The first-order valence-corrected chi connectivity index (χ1v) is 6.90. The maximum atomic E-state index is 2.38. The van der Waals surface area contributed by atoms with Gasteiger partial charge in [-0.05, 0) is 36.2 Å². The highest BCUT2D eigenvalue weighted by Gasteiger charge is 2.22. The minimum Gasteiger partial charge on any atom is -0.165 e. The second-order valence-electron chi connectivity index (χ2n) is 4.99. The van der Waals surface area contributed by atoms with Gasteiger partial charge in [-0.2, -0.15) is 11.8 Å². The van der Waals surface area contributed by atoms with Crippen molar-refractivity contribution < 1.29 is 0 Å². The summed E-state index contributed by atoms with van der Waals surface area (Å²) in [6.45, 7) is 9.43. The molecular formula is C12H26S. The van der Waals surface area contributed by atoms with Crippen LogP contribution in [0.2, 0.25) is 0 Å². The van der Waals surface area contributed by atoms with Crippen molar-refractivity contribution in [2.45, 2.75) is 53.4 Å². The fraction of sp³-hybridized carbons (Fsp3) is 1.00. The van der Waals surface area contributed by atoms with Gasteiger partial charge in [0.15, 0.2) is 0 Å². The minimum atomic E-state index is 0.505. The highest BCUT2D eigenvalue weighted by atomic mass is 32.2. The molecule has 0 fully saturated rings. The van der Waals surface area contributed by atoms with Gasteiger partial charge < -0.3 is 0 Å². The molecule has 0 N–H and O–H groups in total. The molecule has 80 valence electrons. The zero-order valence-electron chi connectivity index (χ0n) is 10.0. The van der Waals surface area contributed by atoms with E-state index >= 15 is 0 Å². The normalized spacial score (nSPS) is 14.5. The van der Waals surface area contributed by atoms with Gasteiger partial charge in [-0.3, -0.25) is 0 Å². The van der Waals surface area contributed by atoms with Crippen LogP contribution in [0.3, 0.4) is 0 Å². The van der Waals surface area contributed by atoms with Crippen LogP contribution in [0.5, 0.6) is 0 Å². The van der Waals surface area contributed by atoms with Gasteiger partial charge in [-0.25, -0.2) is 0 Å². The number of rotatable bonds is 6. The molecule has 0 bridgehead atoms. The van der Waals surface area contributed by atoms with Gasteiger partial charge in [-0.15, -0.1) is 0 Å². The molecule has 0 saturated carbocycles. The SMILES string of the molecule is CCCC[C@@H](CCSC)C(C)(C)C. The van der Waals surface area contributed by atoms with E-state index in [1.807, 2.05) is 11.8 Å². The van der Waals surface area contributed by atoms with E-state index in [2.05, 4.69) is 34.0 Å². The van der Waals surface area contributed by atoms with Crippen LogP contribution >= 0.6 is 11.8 Å². The predicted octanol–water partition coefficient (Wildman–Crippen LogP) is 4.59. The first-order chi connectivity index (χ1) is 6.02. The summed E-state index contributed by atoms with van der Waals surface area (Å²) in [6, 6.07) is 0. The van der Waals surface area contributed by atoms with Crippen molar-refractivity contribution in [3.8, 4) is 0 Å². The van der Waals surface area contributed by atoms with Gasteiger partial charge >= 0.3 is 0 Å². The molecule has 0 amide bonds. The third-order valence-electron chi connectivity index (χ3n) is 2.80. The molecule has 0 aliphatic carbocycles. The van der Waals surface area contributed by atoms with Crippen LogP contribution in [0, 0.1) is 11.3 Å². The Morgan fingerprint density at radius 1 is 1.15 bits per heavy atom. The molecule has 0 aliphatic rings. The van der Waals surface area contributed by atoms with Crippen LogP contribution in [-0.2, 0) is 0 Å². The summed E-state index contributed by atoms with van der Waals surface area (Å²) in [7, 11) is 0. The second-order valence-corrected chi connectivity index (χ2v) is 5.97. The molecule has 0 rings (SSSR count). The first-order valence-electron chi connectivity index (χ1n) is 5.51. The van der Waals surface area contributed by atoms with Gasteiger partial charge in [0.2, 0.25) is 0 Å². The van der Waals surface area contributed by atoms with Crippen LogP contribution in [0.1, 0.15) is 53.4 Å². The largest absolute Gasteiger partial charge is 0.165 e. The van der Waals surface area contributed by atoms with E-state index in [1.54, 1.807) is 0 Å². The third kappa shape index (κ3) is 6.42. The van der Waals surface area contributed by atoms with Crippen molar-refractivity contribution in [2.24, 2.45) is 11.3 Å². The van der Waals surface area contributed by atoms with Crippen molar-refractivity contribution in [1.82, 2.24) is 0 Å². The lowest BCUT2D eigenvalue weighted by Crippen LogP contribution is -2.21. The predicted molar refractivity (Wildman–Crippen MR) is 65.5 cm³/mol. The van der Waals surface area contributed by atoms with Crippen LogP contribution in [-0.4, -0.2) is 12.0 Å². The average Bonchev–Trinajstić information content (AvgIpc) is 2.02. The number of thioether (sulfide) groups is 1. The Kier molecular flexibility index (Phi) is 6.93. The first kappa shape index (κ1) is 13.4. The van der Waals surface area contributed by atoms with Crippen LogP contribution in [0.4, 0.5) is 0 Å². The van der Waals surface area contributed by atoms with E-state index < -0.39 is 0 Å². The van der Waals surface area contributed by atoms with Gasteiger partial charge in [0, 0.05) is 0 Å². The topological polar surface area (TPSA) is 0 Å². The van der Waals surface area contributed by atoms with Crippen molar-refractivity contribution in [2.75, 3.05) is 12.0 Å². The molecule has 1 heteroatoms. The molecule has 0 nitrogen and oxygen atoms in total. The lowest BCUT2D eigenvalue weighted by molar-refractivity contribution is 0.216. The Morgan fingerprint density at radius 3 is 2.15 bits per heavy atom. The lowest BCUT2D eigenvalue weighted by Gasteiger charge is -2.30. The summed E-state index contributed by atoms with van der Waals surface area (Å²) in [5.74, 6) is 2.24. The Morgan fingerprint density at radius 2 is 1.77 bits per heavy atom. The fourth-order valence-electron chi connectivity index (χ4n) is 1.72. The molecule has 0 aromatic heterocycles. The zero-order valence-corrected chi connectivity index (χ0v) is 10.8.